The minimum atomic E-state index is -1.30. The Labute approximate surface area is 278 Å². The van der Waals surface area contributed by atoms with Gasteiger partial charge in [-0.2, -0.15) is 10.2 Å². The summed E-state index contributed by atoms with van der Waals surface area (Å²) in [4.78, 5) is 22.7. The molecule has 0 radical (unpaired) electrons. The Morgan fingerprint density at radius 3 is 1.24 bits per heavy atom. The zero-order chi connectivity index (χ0) is 31.4. The number of carboxylic acids is 2. The monoisotopic (exact) mass is 698 g/mol. The van der Waals surface area contributed by atoms with E-state index in [2.05, 4.69) is 10.2 Å². The summed E-state index contributed by atoms with van der Waals surface area (Å²) in [5.41, 5.74) is 1.56. The van der Waals surface area contributed by atoms with Crippen molar-refractivity contribution < 1.29 is 59.0 Å². The number of hydrogen-bond acceptors (Lipinski definition) is 10. The van der Waals surface area contributed by atoms with Gasteiger partial charge in [0.15, 0.2) is 0 Å². The van der Waals surface area contributed by atoms with E-state index in [0.717, 1.165) is 10.0 Å². The van der Waals surface area contributed by atoms with Gasteiger partial charge in [-0.15, -0.1) is 0 Å². The van der Waals surface area contributed by atoms with E-state index < -0.39 is 24.4 Å². The average Bonchev–Trinajstić information content (AvgIpc) is 3.65. The molecule has 0 fully saturated rings. The third-order valence-electron chi connectivity index (χ3n) is 5.92. The molecule has 0 unspecified atom stereocenters. The second-order valence-electron chi connectivity index (χ2n) is 8.85. The summed E-state index contributed by atoms with van der Waals surface area (Å²) in [5.74, 6) is -2.58. The molecule has 12 nitrogen and oxygen atoms in total. The molecule has 45 heavy (non-hydrogen) atoms. The van der Waals surface area contributed by atoms with Crippen LogP contribution in [0.1, 0.15) is 11.1 Å². The molecule has 224 valence electrons. The van der Waals surface area contributed by atoms with Gasteiger partial charge in [-0.05, 0) is 72.8 Å². The smallest absolute Gasteiger partial charge is 0.592 e. The van der Waals surface area contributed by atoms with Crippen LogP contribution in [0.4, 0.5) is 11.4 Å². The van der Waals surface area contributed by atoms with Crippen molar-refractivity contribution in [3.8, 4) is 11.5 Å². The molecule has 15 heteroatoms. The molecule has 6 rings (SSSR count). The van der Waals surface area contributed by atoms with Crippen molar-refractivity contribution in [3.63, 3.8) is 0 Å². The maximum atomic E-state index is 11.3. The number of carbonyl (C=O) groups is 2. The first-order valence-corrected chi connectivity index (χ1v) is 13.3. The van der Waals surface area contributed by atoms with Crippen molar-refractivity contribution in [1.82, 2.24) is 0 Å². The largest absolute Gasteiger partial charge is 2.00 e. The number of nitrogens with zero attached hydrogens (tertiary/aromatic N) is 4. The third kappa shape index (κ3) is 7.35. The van der Waals surface area contributed by atoms with Crippen molar-refractivity contribution in [3.05, 3.63) is 131 Å². The van der Waals surface area contributed by atoms with Crippen molar-refractivity contribution >= 4 is 58.3 Å². The van der Waals surface area contributed by atoms with Gasteiger partial charge in [0.1, 0.15) is 11.5 Å². The topological polar surface area (TPSA) is 165 Å². The summed E-state index contributed by atoms with van der Waals surface area (Å²) >= 11 is 11.6. The Bertz CT molecular complexity index is 1630. The fraction of sp³-hybridized carbons (Fsp3) is 0. The van der Waals surface area contributed by atoms with E-state index in [-0.39, 0.29) is 54.1 Å². The number of hydrogen-bond donors (Lipinski definition) is 4. The second kappa shape index (κ2) is 14.1. The molecular formula is C30H20Cl2N4O8Zn. The number of benzene rings is 4. The van der Waals surface area contributed by atoms with Crippen LogP contribution < -0.4 is 10.0 Å². The summed E-state index contributed by atoms with van der Waals surface area (Å²) in [6.07, 6.45) is -0.821. The van der Waals surface area contributed by atoms with Gasteiger partial charge in [0.25, 0.3) is 0 Å². The van der Waals surface area contributed by atoms with Crippen molar-refractivity contribution in [1.29, 1.82) is 0 Å². The van der Waals surface area contributed by atoms with Crippen LogP contribution in [-0.2, 0) is 38.5 Å². The van der Waals surface area contributed by atoms with Gasteiger partial charge in [-0.25, -0.2) is 0 Å². The number of hydrazone groups is 2. The fourth-order valence-corrected chi connectivity index (χ4v) is 4.13. The first kappa shape index (κ1) is 32.8. The number of aromatic hydroxyl groups is 2. The number of halogens is 2. The quantitative estimate of drug-likeness (QED) is 0.146. The number of aliphatic carboxylic acids is 2. The Balaban J connectivity index is 0.000000200. The van der Waals surface area contributed by atoms with Crippen molar-refractivity contribution in [2.24, 2.45) is 10.2 Å². The molecule has 4 N–H and O–H groups in total. The summed E-state index contributed by atoms with van der Waals surface area (Å²) in [6.45, 7) is 0. The molecule has 4 aromatic rings. The molecule has 0 saturated carbocycles. The second-order valence-corrected chi connectivity index (χ2v) is 9.72. The van der Waals surface area contributed by atoms with Crippen LogP contribution in [0.15, 0.2) is 107 Å². The molecule has 0 amide bonds. The number of phenolic OH excluding ortho intramolecular Hbond substituents is 2. The van der Waals surface area contributed by atoms with E-state index in [1.807, 2.05) is 0 Å². The predicted molar refractivity (Wildman–Crippen MR) is 161 cm³/mol. The maximum Gasteiger partial charge on any atom is 2.00 e. The molecule has 0 spiro atoms. The van der Waals surface area contributed by atoms with Gasteiger partial charge in [0.2, 0.25) is 23.7 Å². The van der Waals surface area contributed by atoms with Gasteiger partial charge >= 0.3 is 19.5 Å². The summed E-state index contributed by atoms with van der Waals surface area (Å²) in [5, 5.41) is 49.7. The normalized spacial score (nSPS) is 13.5. The maximum absolute atomic E-state index is 11.3. The number of anilines is 2. The zero-order valence-electron chi connectivity index (χ0n) is 22.9. The number of carboxylic acid groups (broad SMARTS) is 2. The zero-order valence-corrected chi connectivity index (χ0v) is 27.4. The minimum absolute atomic E-state index is 0. The molecular weight excluding hydrogens is 681 g/mol. The minimum Gasteiger partial charge on any atom is -0.592 e. The molecule has 0 bridgehead atoms. The van der Waals surface area contributed by atoms with Gasteiger partial charge < -0.3 is 39.9 Å². The number of ether oxygens (including phenoxy) is 2. The molecule has 2 heterocycles. The summed E-state index contributed by atoms with van der Waals surface area (Å²) in [7, 11) is 0. The SMILES string of the molecule is O=C(O)[C-]1OC(c2ccc(Cl)cc2)=NN1c1ccccc1O.O=C(O)[C-]1OC(c2ccc(Cl)cc2)=NN1c1ccccc1O.[Zn+2]. The molecule has 2 aliphatic heterocycles. The Kier molecular flexibility index (Phi) is 10.3. The van der Waals surface area contributed by atoms with Crippen LogP contribution in [0.25, 0.3) is 0 Å². The first-order chi connectivity index (χ1) is 21.1. The standard InChI is InChI=1S/2C15H10ClN2O4.Zn/c2*16-10-7-5-9(6-8-10)13-17-18(14(22-13)15(20)21)11-3-1-2-4-12(11)19;/h2*1-8,19H,(H,20,21);/q2*-1;+2. The van der Waals surface area contributed by atoms with Crippen LogP contribution in [-0.4, -0.2) is 44.2 Å². The van der Waals surface area contributed by atoms with Crippen LogP contribution in [0.2, 0.25) is 10.0 Å². The fourth-order valence-electron chi connectivity index (χ4n) is 3.88. The van der Waals surface area contributed by atoms with Gasteiger partial charge in [0.05, 0.1) is 11.4 Å². The summed E-state index contributed by atoms with van der Waals surface area (Å²) < 4.78 is 10.6. The predicted octanol–water partition coefficient (Wildman–Crippen LogP) is 5.63. The van der Waals surface area contributed by atoms with E-state index in [9.17, 15) is 30.0 Å². The van der Waals surface area contributed by atoms with E-state index in [0.29, 0.717) is 21.2 Å². The number of phenols is 2. The van der Waals surface area contributed by atoms with Crippen molar-refractivity contribution in [2.45, 2.75) is 0 Å². The first-order valence-electron chi connectivity index (χ1n) is 12.5. The molecule has 0 saturated heterocycles. The van der Waals surface area contributed by atoms with Crippen LogP contribution in [0.5, 0.6) is 11.5 Å². The van der Waals surface area contributed by atoms with Gasteiger partial charge in [-0.1, -0.05) is 47.5 Å². The van der Waals surface area contributed by atoms with Crippen LogP contribution >= 0.6 is 23.2 Å². The average molecular weight is 701 g/mol. The molecule has 2 aliphatic rings. The Hall–Kier alpha value is -5.10. The van der Waals surface area contributed by atoms with Gasteiger partial charge in [-0.3, -0.25) is 9.59 Å². The van der Waals surface area contributed by atoms with Crippen LogP contribution in [0.3, 0.4) is 0 Å². The van der Waals surface area contributed by atoms with E-state index in [1.165, 1.54) is 24.3 Å². The number of para-hydroxylation sites is 4. The Morgan fingerprint density at radius 2 is 0.933 bits per heavy atom. The molecule has 0 atom stereocenters. The molecule has 4 aromatic carbocycles. The third-order valence-corrected chi connectivity index (χ3v) is 6.43. The van der Waals surface area contributed by atoms with E-state index in [1.54, 1.807) is 72.8 Å². The van der Waals surface area contributed by atoms with Crippen molar-refractivity contribution in [2.75, 3.05) is 10.0 Å². The summed E-state index contributed by atoms with van der Waals surface area (Å²) in [6, 6.07) is 25.7. The van der Waals surface area contributed by atoms with E-state index in [4.69, 9.17) is 32.7 Å². The van der Waals surface area contributed by atoms with Crippen LogP contribution in [0, 0.1) is 12.5 Å². The van der Waals surface area contributed by atoms with E-state index >= 15 is 0 Å². The molecule has 0 aliphatic carbocycles. The van der Waals surface area contributed by atoms with Gasteiger partial charge in [0, 0.05) is 33.6 Å². The number of rotatable bonds is 6. The Morgan fingerprint density at radius 1 is 0.600 bits per heavy atom. The molecule has 0 aromatic heterocycles.